The summed E-state index contributed by atoms with van der Waals surface area (Å²) in [6, 6.07) is -0.262. The van der Waals surface area contributed by atoms with Crippen molar-refractivity contribution in [2.75, 3.05) is 32.9 Å². The average molecular weight is 565 g/mol. The molecule has 0 spiro atoms. The first-order valence-corrected chi connectivity index (χ1v) is 11.4. The second-order valence-electron chi connectivity index (χ2n) is 6.95. The van der Waals surface area contributed by atoms with Crippen LogP contribution in [0.15, 0.2) is 4.99 Å². The highest BCUT2D eigenvalue weighted by atomic mass is 127. The Labute approximate surface area is 181 Å². The summed E-state index contributed by atoms with van der Waals surface area (Å²) in [6.07, 6.45) is 1.41. The van der Waals surface area contributed by atoms with Crippen LogP contribution < -0.4 is 15.4 Å². The molecule has 0 aliphatic carbocycles. The van der Waals surface area contributed by atoms with E-state index in [9.17, 15) is 30.0 Å². The molecule has 0 unspecified atom stereocenters. The number of rotatable bonds is 6. The van der Waals surface area contributed by atoms with Crippen molar-refractivity contribution in [1.82, 2.24) is 19.7 Å². The van der Waals surface area contributed by atoms with Gasteiger partial charge in [-0.25, -0.2) is 21.6 Å². The maximum atomic E-state index is 12.6. The van der Waals surface area contributed by atoms with Crippen LogP contribution in [0.5, 0.6) is 0 Å². The molecule has 0 amide bonds. The predicted molar refractivity (Wildman–Crippen MR) is 112 cm³/mol. The van der Waals surface area contributed by atoms with Crippen molar-refractivity contribution in [2.45, 2.75) is 43.8 Å². The van der Waals surface area contributed by atoms with Crippen LogP contribution >= 0.6 is 24.0 Å². The Morgan fingerprint density at radius 1 is 1.14 bits per heavy atom. The molecular weight excluding hydrogens is 538 g/mol. The molecule has 1 fully saturated rings. The minimum Gasteiger partial charge on any atom is -0.355 e. The number of aliphatic imine (C=N–C) groups is 1. The summed E-state index contributed by atoms with van der Waals surface area (Å²) in [7, 11) is -7.21. The van der Waals surface area contributed by atoms with Gasteiger partial charge in [-0.3, -0.25) is 4.99 Å². The van der Waals surface area contributed by atoms with E-state index in [4.69, 9.17) is 0 Å². The molecule has 28 heavy (non-hydrogen) atoms. The number of halogens is 4. The topological polar surface area (TPSA) is 120 Å². The molecule has 1 rings (SSSR count). The molecule has 1 aliphatic heterocycles. The Kier molecular flexibility index (Phi) is 9.94. The maximum absolute atomic E-state index is 12.6. The number of piperidine rings is 1. The molecule has 15 heteroatoms. The lowest BCUT2D eigenvalue weighted by atomic mass is 10.1. The molecule has 9 nitrogen and oxygen atoms in total. The van der Waals surface area contributed by atoms with Gasteiger partial charge in [-0.2, -0.15) is 17.5 Å². The predicted octanol–water partition coefficient (Wildman–Crippen LogP) is 0.411. The number of sulfonamides is 2. The summed E-state index contributed by atoms with van der Waals surface area (Å²) in [5, 5.41) is 5.96. The zero-order valence-electron chi connectivity index (χ0n) is 16.0. The normalized spacial score (nSPS) is 18.5. The van der Waals surface area contributed by atoms with E-state index in [-0.39, 0.29) is 62.5 Å². The lowest BCUT2D eigenvalue weighted by Gasteiger charge is -2.33. The van der Waals surface area contributed by atoms with Gasteiger partial charge in [0.25, 0.3) is 0 Å². The molecule has 0 radical (unpaired) electrons. The average Bonchev–Trinajstić information content (AvgIpc) is 2.48. The Morgan fingerprint density at radius 2 is 1.64 bits per heavy atom. The van der Waals surface area contributed by atoms with Crippen molar-refractivity contribution in [3.8, 4) is 0 Å². The van der Waals surface area contributed by atoms with Crippen LogP contribution in [0, 0.1) is 0 Å². The van der Waals surface area contributed by atoms with Gasteiger partial charge in [0.2, 0.25) is 10.0 Å². The summed E-state index contributed by atoms with van der Waals surface area (Å²) in [5.74, 6) is 0.343. The van der Waals surface area contributed by atoms with Crippen LogP contribution in [-0.2, 0) is 20.0 Å². The third kappa shape index (κ3) is 8.54. The van der Waals surface area contributed by atoms with Crippen molar-refractivity contribution in [2.24, 2.45) is 4.99 Å². The molecule has 0 bridgehead atoms. The van der Waals surface area contributed by atoms with Gasteiger partial charge in [-0.1, -0.05) is 0 Å². The van der Waals surface area contributed by atoms with Gasteiger partial charge in [0.05, 0.1) is 6.26 Å². The monoisotopic (exact) mass is 565 g/mol. The molecule has 0 aromatic rings. The van der Waals surface area contributed by atoms with E-state index < -0.39 is 31.1 Å². The van der Waals surface area contributed by atoms with Crippen molar-refractivity contribution >= 4 is 50.0 Å². The minimum absolute atomic E-state index is 0. The summed E-state index contributed by atoms with van der Waals surface area (Å²) >= 11 is 0. The third-order valence-electron chi connectivity index (χ3n) is 3.81. The molecule has 0 aromatic carbocycles. The molecule has 0 atom stereocenters. The van der Waals surface area contributed by atoms with Crippen molar-refractivity contribution in [1.29, 1.82) is 0 Å². The molecule has 168 valence electrons. The molecule has 3 N–H and O–H groups in total. The highest BCUT2D eigenvalue weighted by molar-refractivity contribution is 14.0. The van der Waals surface area contributed by atoms with E-state index in [1.807, 2.05) is 0 Å². The number of nitrogens with zero attached hydrogens (tertiary/aromatic N) is 2. The smallest absolute Gasteiger partial charge is 0.355 e. The standard InChI is InChI=1S/C13H26F3N5O4S2.HI/c1-12(2,20-26(4,22)23)9-18-11(17-3)19-10-5-7-21(8-6-10)27(24,25)13(14,15)16;/h10,20H,5-9H2,1-4H3,(H2,17,18,19);1H. The van der Waals surface area contributed by atoms with Crippen molar-refractivity contribution in [3.05, 3.63) is 0 Å². The van der Waals surface area contributed by atoms with Crippen LogP contribution in [0.3, 0.4) is 0 Å². The summed E-state index contributed by atoms with van der Waals surface area (Å²) in [5.41, 5.74) is -6.10. The van der Waals surface area contributed by atoms with E-state index in [2.05, 4.69) is 20.3 Å². The van der Waals surface area contributed by atoms with Gasteiger partial charge in [0, 0.05) is 38.3 Å². The Bertz CT molecular complexity index is 749. The van der Waals surface area contributed by atoms with E-state index >= 15 is 0 Å². The van der Waals surface area contributed by atoms with Gasteiger partial charge in [0.15, 0.2) is 5.96 Å². The molecule has 0 aromatic heterocycles. The summed E-state index contributed by atoms with van der Waals surface area (Å²) in [4.78, 5) is 3.99. The van der Waals surface area contributed by atoms with Crippen LogP contribution in [0.4, 0.5) is 13.2 Å². The molecule has 1 saturated heterocycles. The van der Waals surface area contributed by atoms with E-state index in [0.717, 1.165) is 6.26 Å². The van der Waals surface area contributed by atoms with Gasteiger partial charge in [0.1, 0.15) is 0 Å². The fourth-order valence-corrected chi connectivity index (χ4v) is 4.68. The lowest BCUT2D eigenvalue weighted by Crippen LogP contribution is -2.55. The van der Waals surface area contributed by atoms with Crippen LogP contribution in [0.1, 0.15) is 26.7 Å². The number of hydrogen-bond acceptors (Lipinski definition) is 5. The van der Waals surface area contributed by atoms with Crippen molar-refractivity contribution < 1.29 is 30.0 Å². The second-order valence-corrected chi connectivity index (χ2v) is 10.6. The first-order valence-electron chi connectivity index (χ1n) is 8.10. The zero-order valence-corrected chi connectivity index (χ0v) is 20.0. The second kappa shape index (κ2) is 10.1. The highest BCUT2D eigenvalue weighted by Gasteiger charge is 2.50. The zero-order chi connectivity index (χ0) is 21.1. The summed E-state index contributed by atoms with van der Waals surface area (Å²) < 4.78 is 86.2. The third-order valence-corrected chi connectivity index (χ3v) is 6.36. The quantitative estimate of drug-likeness (QED) is 0.244. The maximum Gasteiger partial charge on any atom is 0.511 e. The fourth-order valence-electron chi connectivity index (χ4n) is 2.62. The lowest BCUT2D eigenvalue weighted by molar-refractivity contribution is -0.0494. The first-order chi connectivity index (χ1) is 12.1. The molecular formula is C13H27F3IN5O4S2. The highest BCUT2D eigenvalue weighted by Crippen LogP contribution is 2.28. The van der Waals surface area contributed by atoms with Gasteiger partial charge in [-0.15, -0.1) is 24.0 Å². The van der Waals surface area contributed by atoms with Crippen LogP contribution in [-0.4, -0.2) is 77.1 Å². The molecule has 1 aliphatic rings. The summed E-state index contributed by atoms with van der Waals surface area (Å²) in [6.45, 7) is 3.06. The van der Waals surface area contributed by atoms with E-state index in [1.165, 1.54) is 7.05 Å². The minimum atomic E-state index is -5.31. The van der Waals surface area contributed by atoms with Gasteiger partial charge < -0.3 is 10.6 Å². The van der Waals surface area contributed by atoms with Gasteiger partial charge in [-0.05, 0) is 26.7 Å². The number of hydrogen-bond donors (Lipinski definition) is 3. The Morgan fingerprint density at radius 3 is 2.04 bits per heavy atom. The molecule has 0 saturated carbocycles. The Balaban J connectivity index is 0.00000729. The van der Waals surface area contributed by atoms with Crippen molar-refractivity contribution in [3.63, 3.8) is 0 Å². The SMILES string of the molecule is CN=C(NCC(C)(C)NS(C)(=O)=O)NC1CCN(S(=O)(=O)C(F)(F)F)CC1.I. The number of guanidine groups is 1. The molecule has 1 heterocycles. The number of alkyl halides is 3. The fraction of sp³-hybridized carbons (Fsp3) is 0.923. The number of nitrogens with one attached hydrogen (secondary N) is 3. The van der Waals surface area contributed by atoms with E-state index in [1.54, 1.807) is 13.8 Å². The van der Waals surface area contributed by atoms with Crippen LogP contribution in [0.25, 0.3) is 0 Å². The Hall–Kier alpha value is -0.390. The first kappa shape index (κ1) is 27.6. The van der Waals surface area contributed by atoms with E-state index in [0.29, 0.717) is 10.3 Å². The van der Waals surface area contributed by atoms with Crippen LogP contribution in [0.2, 0.25) is 0 Å². The largest absolute Gasteiger partial charge is 0.511 e. The van der Waals surface area contributed by atoms with Gasteiger partial charge >= 0.3 is 15.5 Å².